The Kier molecular flexibility index (Phi) is 4.28. The molecule has 0 heterocycles. The Morgan fingerprint density at radius 2 is 2.08 bits per heavy atom. The van der Waals surface area contributed by atoms with E-state index in [1.165, 1.54) is 11.9 Å². The van der Waals surface area contributed by atoms with Crippen LogP contribution in [0.25, 0.3) is 0 Å². The number of nitrogens with zero attached hydrogens (tertiary/aromatic N) is 1. The normalized spacial score (nSPS) is 12.0. The lowest BCUT2D eigenvalue weighted by molar-refractivity contribution is -0.135. The summed E-state index contributed by atoms with van der Waals surface area (Å²) >= 11 is 0. The van der Waals surface area contributed by atoms with Gasteiger partial charge in [-0.25, -0.2) is 0 Å². The Bertz CT molecular complexity index is 179. The van der Waals surface area contributed by atoms with Gasteiger partial charge in [0.15, 0.2) is 0 Å². The van der Waals surface area contributed by atoms with Gasteiger partial charge in [-0.2, -0.15) is 0 Å². The van der Waals surface area contributed by atoms with E-state index in [2.05, 4.69) is 5.32 Å². The third-order valence-electron chi connectivity index (χ3n) is 1.43. The minimum absolute atomic E-state index is 0.0525. The lowest BCUT2D eigenvalue weighted by Crippen LogP contribution is -2.44. The molecule has 5 heteroatoms. The summed E-state index contributed by atoms with van der Waals surface area (Å²) < 4.78 is 0. The molecule has 12 heavy (non-hydrogen) atoms. The Labute approximate surface area is 71.9 Å². The summed E-state index contributed by atoms with van der Waals surface area (Å²) in [6, 6.07) is -0.556. The maximum absolute atomic E-state index is 11.1. The van der Waals surface area contributed by atoms with E-state index in [9.17, 15) is 9.59 Å². The first-order chi connectivity index (χ1) is 5.49. The average molecular weight is 173 g/mol. The molecule has 2 amide bonds. The van der Waals surface area contributed by atoms with E-state index in [-0.39, 0.29) is 18.4 Å². The molecule has 0 aliphatic heterocycles. The number of hydrogen-bond acceptors (Lipinski definition) is 3. The Morgan fingerprint density at radius 3 is 2.42 bits per heavy atom. The van der Waals surface area contributed by atoms with E-state index in [0.29, 0.717) is 0 Å². The molecular formula is C7H15N3O2. The van der Waals surface area contributed by atoms with Crippen molar-refractivity contribution in [3.05, 3.63) is 0 Å². The second-order valence-electron chi connectivity index (χ2n) is 2.66. The number of nitrogens with two attached hydrogens (primary N) is 1. The smallest absolute Gasteiger partial charge is 0.239 e. The summed E-state index contributed by atoms with van der Waals surface area (Å²) in [5.41, 5.74) is 5.33. The molecule has 0 saturated heterocycles. The number of carbonyl (C=O) groups excluding carboxylic acids is 2. The van der Waals surface area contributed by atoms with E-state index in [4.69, 9.17) is 5.73 Å². The maximum atomic E-state index is 11.1. The van der Waals surface area contributed by atoms with Crippen LogP contribution in [-0.4, -0.2) is 43.4 Å². The van der Waals surface area contributed by atoms with E-state index < -0.39 is 6.04 Å². The molecule has 0 fully saturated rings. The van der Waals surface area contributed by atoms with Gasteiger partial charge >= 0.3 is 0 Å². The van der Waals surface area contributed by atoms with Crippen molar-refractivity contribution in [3.63, 3.8) is 0 Å². The molecule has 0 radical (unpaired) electrons. The van der Waals surface area contributed by atoms with E-state index >= 15 is 0 Å². The molecule has 5 nitrogen and oxygen atoms in total. The largest absolute Gasteiger partial charge is 0.358 e. The van der Waals surface area contributed by atoms with Gasteiger partial charge in [0.2, 0.25) is 11.8 Å². The van der Waals surface area contributed by atoms with Crippen molar-refractivity contribution in [1.29, 1.82) is 0 Å². The monoisotopic (exact) mass is 173 g/mol. The Morgan fingerprint density at radius 1 is 1.58 bits per heavy atom. The molecule has 1 atom stereocenters. The minimum atomic E-state index is -0.556. The van der Waals surface area contributed by atoms with Crippen LogP contribution in [0.5, 0.6) is 0 Å². The molecule has 0 rings (SSSR count). The van der Waals surface area contributed by atoms with Gasteiger partial charge in [0, 0.05) is 14.1 Å². The third-order valence-corrected chi connectivity index (χ3v) is 1.43. The van der Waals surface area contributed by atoms with Crippen LogP contribution in [0.1, 0.15) is 6.92 Å². The highest BCUT2D eigenvalue weighted by atomic mass is 16.2. The predicted molar refractivity (Wildman–Crippen MR) is 45.4 cm³/mol. The van der Waals surface area contributed by atoms with Crippen LogP contribution in [0.15, 0.2) is 0 Å². The molecule has 0 bridgehead atoms. The maximum Gasteiger partial charge on any atom is 0.239 e. The van der Waals surface area contributed by atoms with Gasteiger partial charge in [0.05, 0.1) is 12.6 Å². The molecule has 0 saturated carbocycles. The van der Waals surface area contributed by atoms with Crippen molar-refractivity contribution in [3.8, 4) is 0 Å². The van der Waals surface area contributed by atoms with Gasteiger partial charge in [0.1, 0.15) is 0 Å². The van der Waals surface area contributed by atoms with E-state index in [1.54, 1.807) is 14.0 Å². The van der Waals surface area contributed by atoms with Crippen molar-refractivity contribution in [2.24, 2.45) is 5.73 Å². The third kappa shape index (κ3) is 3.34. The molecule has 70 valence electrons. The minimum Gasteiger partial charge on any atom is -0.358 e. The second-order valence-corrected chi connectivity index (χ2v) is 2.66. The number of nitrogens with one attached hydrogen (secondary N) is 1. The number of carbonyl (C=O) groups is 2. The predicted octanol–water partition coefficient (Wildman–Crippen LogP) is -1.46. The Hall–Kier alpha value is -1.10. The van der Waals surface area contributed by atoms with Crippen LogP contribution in [0.2, 0.25) is 0 Å². The summed E-state index contributed by atoms with van der Waals surface area (Å²) in [5, 5.41) is 2.42. The molecule has 3 N–H and O–H groups in total. The summed E-state index contributed by atoms with van der Waals surface area (Å²) in [5.74, 6) is -0.440. The summed E-state index contributed by atoms with van der Waals surface area (Å²) in [6.07, 6.45) is 0. The first-order valence-electron chi connectivity index (χ1n) is 3.70. The van der Waals surface area contributed by atoms with Gasteiger partial charge in [-0.15, -0.1) is 0 Å². The zero-order valence-electron chi connectivity index (χ0n) is 7.63. The molecule has 1 unspecified atom stereocenters. The van der Waals surface area contributed by atoms with Crippen molar-refractivity contribution in [2.75, 3.05) is 20.6 Å². The number of amides is 2. The molecule has 0 spiro atoms. The van der Waals surface area contributed by atoms with Gasteiger partial charge in [-0.05, 0) is 6.92 Å². The standard InChI is InChI=1S/C7H15N3O2/c1-5(8)7(12)10(3)4-6(11)9-2/h5H,4,8H2,1-3H3,(H,9,11). The first-order valence-corrected chi connectivity index (χ1v) is 3.70. The number of likely N-dealkylation sites (N-methyl/N-ethyl adjacent to an activating group) is 2. The molecule has 0 aromatic rings. The van der Waals surface area contributed by atoms with E-state index in [1.807, 2.05) is 0 Å². The van der Waals surface area contributed by atoms with Crippen molar-refractivity contribution in [2.45, 2.75) is 13.0 Å². The Balaban J connectivity index is 3.95. The fraction of sp³-hybridized carbons (Fsp3) is 0.714. The highest BCUT2D eigenvalue weighted by Crippen LogP contribution is 1.87. The van der Waals surface area contributed by atoms with Crippen molar-refractivity contribution >= 4 is 11.8 Å². The van der Waals surface area contributed by atoms with Crippen LogP contribution in [0, 0.1) is 0 Å². The molecule has 0 aromatic heterocycles. The molecule has 0 aliphatic rings. The highest BCUT2D eigenvalue weighted by Gasteiger charge is 2.14. The second kappa shape index (κ2) is 4.71. The lowest BCUT2D eigenvalue weighted by atomic mass is 10.3. The summed E-state index contributed by atoms with van der Waals surface area (Å²) in [4.78, 5) is 23.2. The SMILES string of the molecule is CNC(=O)CN(C)C(=O)C(C)N. The van der Waals surface area contributed by atoms with Crippen LogP contribution < -0.4 is 11.1 Å². The number of hydrogen-bond donors (Lipinski definition) is 2. The van der Waals surface area contributed by atoms with Crippen molar-refractivity contribution < 1.29 is 9.59 Å². The number of rotatable bonds is 3. The molecule has 0 aromatic carbocycles. The van der Waals surface area contributed by atoms with E-state index in [0.717, 1.165) is 0 Å². The first kappa shape index (κ1) is 10.9. The van der Waals surface area contributed by atoms with Crippen LogP contribution in [-0.2, 0) is 9.59 Å². The molecular weight excluding hydrogens is 158 g/mol. The van der Waals surface area contributed by atoms with Gasteiger partial charge in [0.25, 0.3) is 0 Å². The lowest BCUT2D eigenvalue weighted by Gasteiger charge is -2.17. The van der Waals surface area contributed by atoms with Gasteiger partial charge in [-0.1, -0.05) is 0 Å². The van der Waals surface area contributed by atoms with Crippen molar-refractivity contribution in [1.82, 2.24) is 10.2 Å². The fourth-order valence-electron chi connectivity index (χ4n) is 0.720. The topological polar surface area (TPSA) is 75.4 Å². The summed E-state index contributed by atoms with van der Waals surface area (Å²) in [7, 11) is 3.06. The van der Waals surface area contributed by atoms with Gasteiger partial charge in [-0.3, -0.25) is 9.59 Å². The zero-order valence-corrected chi connectivity index (χ0v) is 7.63. The van der Waals surface area contributed by atoms with Crippen LogP contribution >= 0.6 is 0 Å². The fourth-order valence-corrected chi connectivity index (χ4v) is 0.720. The highest BCUT2D eigenvalue weighted by molar-refractivity contribution is 5.86. The van der Waals surface area contributed by atoms with Crippen LogP contribution in [0.3, 0.4) is 0 Å². The quantitative estimate of drug-likeness (QED) is 0.547. The average Bonchev–Trinajstić information content (AvgIpc) is 2.02. The van der Waals surface area contributed by atoms with Gasteiger partial charge < -0.3 is 16.0 Å². The van der Waals surface area contributed by atoms with Crippen LogP contribution in [0.4, 0.5) is 0 Å². The zero-order chi connectivity index (χ0) is 9.72. The molecule has 0 aliphatic carbocycles. The summed E-state index contributed by atoms with van der Waals surface area (Å²) in [6.45, 7) is 1.64.